The lowest BCUT2D eigenvalue weighted by Crippen LogP contribution is -2.53. The number of fused-ring (bicyclic) bond motifs is 1. The molecule has 0 spiro atoms. The molecular weight excluding hydrogens is 302 g/mol. The number of hydrogen-bond acceptors (Lipinski definition) is 2. The van der Waals surface area contributed by atoms with Crippen LogP contribution >= 0.6 is 0 Å². The van der Waals surface area contributed by atoms with E-state index in [4.69, 9.17) is 0 Å². The summed E-state index contributed by atoms with van der Waals surface area (Å²) in [6, 6.07) is 12.5. The molecule has 118 valence electrons. The minimum atomic E-state index is -0.215. The molecule has 4 atom stereocenters. The van der Waals surface area contributed by atoms with E-state index in [1.165, 1.54) is 26.5 Å². The molecule has 2 bridgehead atoms. The molecule has 4 aliphatic rings. The summed E-state index contributed by atoms with van der Waals surface area (Å²) in [5.41, 5.74) is 1.95. The van der Waals surface area contributed by atoms with Crippen LogP contribution in [0.2, 0.25) is 0 Å². The lowest BCUT2D eigenvalue weighted by molar-refractivity contribution is 0.123. The van der Waals surface area contributed by atoms with E-state index in [1.54, 1.807) is 16.4 Å². The third-order valence-corrected chi connectivity index (χ3v) is 6.04. The molecule has 0 saturated carbocycles. The van der Waals surface area contributed by atoms with Crippen molar-refractivity contribution in [1.82, 2.24) is 13.9 Å². The van der Waals surface area contributed by atoms with Crippen LogP contribution in [-0.4, -0.2) is 13.9 Å². The Morgan fingerprint density at radius 1 is 0.792 bits per heavy atom. The maximum atomic E-state index is 12.7. The first kappa shape index (κ1) is 12.6. The first-order chi connectivity index (χ1) is 11.7. The maximum absolute atomic E-state index is 12.7. The molecule has 0 fully saturated rings. The Bertz CT molecular complexity index is 1100. The molecule has 0 N–H and O–H groups in total. The lowest BCUT2D eigenvalue weighted by atomic mass is 9.62. The van der Waals surface area contributed by atoms with Gasteiger partial charge in [-0.3, -0.25) is 0 Å². The molecule has 2 aliphatic heterocycles. The Morgan fingerprint density at radius 2 is 1.25 bits per heavy atom. The number of hydrogen-bond donors (Lipinski definition) is 0. The van der Waals surface area contributed by atoms with Crippen molar-refractivity contribution >= 4 is 10.8 Å². The Kier molecular flexibility index (Phi) is 1.99. The average molecular weight is 317 g/mol. The minimum Gasteiger partial charge on any atom is -0.246 e. The van der Waals surface area contributed by atoms with E-state index in [9.17, 15) is 9.59 Å². The number of benzene rings is 2. The Labute approximate surface area is 137 Å². The van der Waals surface area contributed by atoms with Gasteiger partial charge in [-0.2, -0.15) is 0 Å². The summed E-state index contributed by atoms with van der Waals surface area (Å²) >= 11 is 0. The van der Waals surface area contributed by atoms with E-state index in [2.05, 4.69) is 36.4 Å². The van der Waals surface area contributed by atoms with Crippen molar-refractivity contribution in [3.8, 4) is 0 Å². The van der Waals surface area contributed by atoms with Gasteiger partial charge in [0.15, 0.2) is 0 Å². The van der Waals surface area contributed by atoms with Crippen LogP contribution in [0.25, 0.3) is 10.8 Å². The number of aromatic nitrogens is 3. The molecule has 0 saturated heterocycles. The summed E-state index contributed by atoms with van der Waals surface area (Å²) in [5.74, 6) is 0.617. The lowest BCUT2D eigenvalue weighted by Gasteiger charge is -2.52. The van der Waals surface area contributed by atoms with Gasteiger partial charge in [-0.1, -0.05) is 36.4 Å². The summed E-state index contributed by atoms with van der Waals surface area (Å²) in [6.07, 6.45) is 4.38. The highest BCUT2D eigenvalue weighted by molar-refractivity contribution is 5.84. The van der Waals surface area contributed by atoms with Crippen molar-refractivity contribution in [2.45, 2.75) is 12.1 Å². The molecule has 24 heavy (non-hydrogen) atoms. The molecule has 5 heteroatoms. The van der Waals surface area contributed by atoms with Crippen molar-refractivity contribution in [3.63, 3.8) is 0 Å². The Hall–Kier alpha value is -2.82. The van der Waals surface area contributed by atoms with Crippen molar-refractivity contribution < 1.29 is 0 Å². The highest BCUT2D eigenvalue weighted by Crippen LogP contribution is 2.56. The Morgan fingerprint density at radius 3 is 1.67 bits per heavy atom. The van der Waals surface area contributed by atoms with E-state index >= 15 is 0 Å². The van der Waals surface area contributed by atoms with Crippen LogP contribution in [0, 0.1) is 11.8 Å². The zero-order chi connectivity index (χ0) is 16.2. The molecule has 0 unspecified atom stereocenters. The quantitative estimate of drug-likeness (QED) is 0.594. The molecule has 2 aliphatic carbocycles. The zero-order valence-corrected chi connectivity index (χ0v) is 13.1. The summed E-state index contributed by atoms with van der Waals surface area (Å²) < 4.78 is 4.61. The predicted octanol–water partition coefficient (Wildman–Crippen LogP) is 1.81. The highest BCUT2D eigenvalue weighted by atomic mass is 16.2. The highest BCUT2D eigenvalue weighted by Gasteiger charge is 2.53. The van der Waals surface area contributed by atoms with Gasteiger partial charge in [0.05, 0.1) is 12.1 Å². The largest absolute Gasteiger partial charge is 0.347 e. The fraction of sp³-hybridized carbons (Fsp3) is 0.263. The van der Waals surface area contributed by atoms with E-state index < -0.39 is 0 Å². The van der Waals surface area contributed by atoms with Crippen LogP contribution in [0.15, 0.2) is 58.1 Å². The first-order valence-electron chi connectivity index (χ1n) is 8.28. The molecule has 2 aromatic carbocycles. The number of nitrogens with zero attached hydrogens (tertiary/aromatic N) is 3. The van der Waals surface area contributed by atoms with Gasteiger partial charge in [0.2, 0.25) is 0 Å². The normalized spacial score (nSPS) is 28.4. The molecular formula is C19H15N3O2. The predicted molar refractivity (Wildman–Crippen MR) is 90.3 cm³/mol. The third-order valence-electron chi connectivity index (χ3n) is 6.04. The van der Waals surface area contributed by atoms with Crippen molar-refractivity contribution in [2.24, 2.45) is 18.9 Å². The smallest absolute Gasteiger partial charge is 0.246 e. The van der Waals surface area contributed by atoms with Crippen molar-refractivity contribution in [2.75, 3.05) is 0 Å². The second-order valence-electron chi connectivity index (χ2n) is 7.07. The van der Waals surface area contributed by atoms with Crippen LogP contribution in [-0.2, 0) is 7.05 Å². The van der Waals surface area contributed by atoms with Gasteiger partial charge in [0.1, 0.15) is 0 Å². The van der Waals surface area contributed by atoms with E-state index in [1.807, 2.05) is 12.1 Å². The second kappa shape index (κ2) is 3.80. The topological polar surface area (TPSA) is 48.9 Å². The zero-order valence-electron chi connectivity index (χ0n) is 13.1. The molecule has 3 aromatic rings. The van der Waals surface area contributed by atoms with Crippen LogP contribution in [0.3, 0.4) is 0 Å². The summed E-state index contributed by atoms with van der Waals surface area (Å²) in [5, 5.41) is 2.36. The third kappa shape index (κ3) is 1.18. The molecule has 0 amide bonds. The van der Waals surface area contributed by atoms with Gasteiger partial charge in [-0.15, -0.1) is 0 Å². The second-order valence-corrected chi connectivity index (χ2v) is 7.07. The summed E-state index contributed by atoms with van der Waals surface area (Å²) in [6.45, 7) is 0. The fourth-order valence-corrected chi connectivity index (χ4v) is 4.87. The minimum absolute atomic E-state index is 0.0778. The van der Waals surface area contributed by atoms with Crippen LogP contribution in [0.1, 0.15) is 23.2 Å². The van der Waals surface area contributed by atoms with Crippen LogP contribution < -0.4 is 11.4 Å². The van der Waals surface area contributed by atoms with Gasteiger partial charge in [0.25, 0.3) is 0 Å². The molecule has 1 aromatic heterocycles. The number of allylic oxidation sites excluding steroid dienone is 2. The van der Waals surface area contributed by atoms with Gasteiger partial charge in [-0.05, 0) is 34.0 Å². The van der Waals surface area contributed by atoms with E-state index in [-0.39, 0.29) is 23.5 Å². The maximum Gasteiger partial charge on any atom is 0.347 e. The van der Waals surface area contributed by atoms with Crippen LogP contribution in [0.4, 0.5) is 0 Å². The molecule has 0 radical (unpaired) electrons. The van der Waals surface area contributed by atoms with Gasteiger partial charge in [0, 0.05) is 18.9 Å². The van der Waals surface area contributed by atoms with Crippen LogP contribution in [0.5, 0.6) is 0 Å². The fourth-order valence-electron chi connectivity index (χ4n) is 4.87. The van der Waals surface area contributed by atoms with Crippen molar-refractivity contribution in [1.29, 1.82) is 0 Å². The van der Waals surface area contributed by atoms with Gasteiger partial charge in [-0.25, -0.2) is 23.5 Å². The summed E-state index contributed by atoms with van der Waals surface area (Å²) in [7, 11) is 1.57. The molecule has 3 heterocycles. The van der Waals surface area contributed by atoms with E-state index in [0.717, 1.165) is 0 Å². The monoisotopic (exact) mass is 317 g/mol. The molecule has 7 rings (SSSR count). The van der Waals surface area contributed by atoms with E-state index in [0.29, 0.717) is 11.8 Å². The summed E-state index contributed by atoms with van der Waals surface area (Å²) in [4.78, 5) is 25.3. The standard InChI is InChI=1S/C19H15N3O2/c1-20-18(23)21-16-12-6-7-13(12)17(22(21)19(20)24)15-9-11-5-3-2-4-10(11)8-14(15)16/h2-9,12-13,16-17H,1H3/t12-,13-,16-,17-/m0/s1. The van der Waals surface area contributed by atoms with Gasteiger partial charge >= 0.3 is 11.4 Å². The SMILES string of the molecule is Cn1c(=O)n2n(c1=O)[C@@H]1c3cc4ccccc4cc3[C@@H]2[C@H]2C=C[C@@H]21. The Balaban J connectivity index is 1.77. The average Bonchev–Trinajstić information content (AvgIpc) is 2.79. The molecule has 5 nitrogen and oxygen atoms in total. The van der Waals surface area contributed by atoms with Crippen molar-refractivity contribution in [3.05, 3.63) is 80.6 Å². The van der Waals surface area contributed by atoms with Gasteiger partial charge < -0.3 is 0 Å². The first-order valence-corrected chi connectivity index (χ1v) is 8.28. The number of rotatable bonds is 0.